The van der Waals surface area contributed by atoms with Gasteiger partial charge < -0.3 is 14.6 Å². The van der Waals surface area contributed by atoms with Gasteiger partial charge in [-0.15, -0.1) is 5.10 Å². The van der Waals surface area contributed by atoms with Gasteiger partial charge in [-0.05, 0) is 56.4 Å². The lowest BCUT2D eigenvalue weighted by Gasteiger charge is -2.12. The van der Waals surface area contributed by atoms with Crippen molar-refractivity contribution in [2.75, 3.05) is 12.4 Å². The van der Waals surface area contributed by atoms with E-state index in [2.05, 4.69) is 21.2 Å². The summed E-state index contributed by atoms with van der Waals surface area (Å²) in [5.41, 5.74) is 6.59. The summed E-state index contributed by atoms with van der Waals surface area (Å²) in [5, 5.41) is 8.36. The molecule has 0 unspecified atom stereocenters. The maximum absolute atomic E-state index is 12.8. The van der Waals surface area contributed by atoms with Crippen molar-refractivity contribution in [2.45, 2.75) is 52.5 Å². The van der Waals surface area contributed by atoms with E-state index in [1.807, 2.05) is 45.2 Å². The number of amides is 1. The Labute approximate surface area is 199 Å². The van der Waals surface area contributed by atoms with Crippen molar-refractivity contribution >= 4 is 22.6 Å². The smallest absolute Gasteiger partial charge is 0.242 e. The van der Waals surface area contributed by atoms with E-state index in [4.69, 9.17) is 14.7 Å². The number of aromatic nitrogens is 5. The molecule has 8 nitrogen and oxygen atoms in total. The Balaban J connectivity index is 1.30. The molecule has 1 aromatic carbocycles. The second-order valence-electron chi connectivity index (χ2n) is 8.95. The highest BCUT2D eigenvalue weighted by molar-refractivity contribution is 5.92. The zero-order chi connectivity index (χ0) is 23.8. The maximum atomic E-state index is 12.8. The highest BCUT2D eigenvalue weighted by atomic mass is 16.5. The van der Waals surface area contributed by atoms with Crippen molar-refractivity contribution < 1.29 is 9.53 Å². The number of nitrogens with zero attached hydrogens (tertiary/aromatic N) is 5. The minimum atomic E-state index is -0.0293. The summed E-state index contributed by atoms with van der Waals surface area (Å²) in [6, 6.07) is 7.92. The van der Waals surface area contributed by atoms with Gasteiger partial charge in [0.05, 0.1) is 18.2 Å². The molecule has 0 fully saturated rings. The molecule has 176 valence electrons. The van der Waals surface area contributed by atoms with Crippen LogP contribution >= 0.6 is 0 Å². The van der Waals surface area contributed by atoms with Crippen LogP contribution in [0.15, 0.2) is 30.5 Å². The van der Waals surface area contributed by atoms with E-state index >= 15 is 0 Å². The monoisotopic (exact) mass is 458 g/mol. The summed E-state index contributed by atoms with van der Waals surface area (Å²) >= 11 is 0. The molecule has 1 N–H and O–H groups in total. The Morgan fingerprint density at radius 2 is 2.06 bits per heavy atom. The summed E-state index contributed by atoms with van der Waals surface area (Å²) in [5.74, 6) is 1.68. The van der Waals surface area contributed by atoms with Gasteiger partial charge in [0.25, 0.3) is 0 Å². The molecule has 34 heavy (non-hydrogen) atoms. The number of benzene rings is 1. The zero-order valence-corrected chi connectivity index (χ0v) is 20.2. The quantitative estimate of drug-likeness (QED) is 0.464. The number of hydrogen-bond acceptors (Lipinski definition) is 5. The molecular weight excluding hydrogens is 428 g/mol. The fraction of sp³-hybridized carbons (Fsp3) is 0.385. The van der Waals surface area contributed by atoms with Crippen molar-refractivity contribution in [3.05, 3.63) is 53.1 Å². The maximum Gasteiger partial charge on any atom is 0.242 e. The molecule has 0 saturated carbocycles. The molecule has 0 spiro atoms. The normalized spacial score (nSPS) is 13.2. The highest BCUT2D eigenvalue weighted by Gasteiger charge is 2.19. The first kappa shape index (κ1) is 22.1. The SMILES string of the molecule is COc1nn(C)c2nc(C)c(CCC(=O)Nc3cccc(-c4cn5c(n4)CCCC5)c3)c(C)c12. The van der Waals surface area contributed by atoms with Gasteiger partial charge in [0, 0.05) is 49.6 Å². The number of anilines is 1. The molecule has 1 aliphatic rings. The number of imidazole rings is 1. The fourth-order valence-electron chi connectivity index (χ4n) is 4.88. The van der Waals surface area contributed by atoms with Crippen LogP contribution in [0, 0.1) is 13.8 Å². The van der Waals surface area contributed by atoms with Crippen molar-refractivity contribution in [2.24, 2.45) is 7.05 Å². The van der Waals surface area contributed by atoms with Crippen LogP contribution in [-0.4, -0.2) is 37.3 Å². The van der Waals surface area contributed by atoms with Crippen LogP contribution in [0.25, 0.3) is 22.3 Å². The van der Waals surface area contributed by atoms with Crippen LogP contribution in [-0.2, 0) is 31.2 Å². The molecule has 0 aliphatic carbocycles. The lowest BCUT2D eigenvalue weighted by atomic mass is 10.00. The number of rotatable bonds is 6. The predicted molar refractivity (Wildman–Crippen MR) is 132 cm³/mol. The van der Waals surface area contributed by atoms with Crippen molar-refractivity contribution in [1.82, 2.24) is 24.3 Å². The van der Waals surface area contributed by atoms with Crippen LogP contribution in [0.2, 0.25) is 0 Å². The summed E-state index contributed by atoms with van der Waals surface area (Å²) in [6.07, 6.45) is 6.51. The van der Waals surface area contributed by atoms with E-state index in [-0.39, 0.29) is 5.91 Å². The van der Waals surface area contributed by atoms with E-state index in [0.29, 0.717) is 18.7 Å². The molecule has 4 heterocycles. The minimum Gasteiger partial charge on any atom is -0.479 e. The number of methoxy groups -OCH3 is 1. The van der Waals surface area contributed by atoms with Crippen LogP contribution in [0.5, 0.6) is 5.88 Å². The topological polar surface area (TPSA) is 86.9 Å². The number of carbonyl (C=O) groups excluding carboxylic acids is 1. The zero-order valence-electron chi connectivity index (χ0n) is 20.2. The number of hydrogen-bond donors (Lipinski definition) is 1. The first-order valence-electron chi connectivity index (χ1n) is 11.8. The second kappa shape index (κ2) is 8.93. The Kier molecular flexibility index (Phi) is 5.81. The largest absolute Gasteiger partial charge is 0.479 e. The predicted octanol–water partition coefficient (Wildman–Crippen LogP) is 4.36. The van der Waals surface area contributed by atoms with Crippen LogP contribution in [0.3, 0.4) is 0 Å². The Morgan fingerprint density at radius 3 is 2.85 bits per heavy atom. The molecular formula is C26H30N6O2. The number of nitrogens with one attached hydrogen (secondary N) is 1. The molecule has 1 amide bonds. The number of fused-ring (bicyclic) bond motifs is 2. The molecule has 8 heteroatoms. The van der Waals surface area contributed by atoms with Crippen LogP contribution < -0.4 is 10.1 Å². The van der Waals surface area contributed by atoms with E-state index < -0.39 is 0 Å². The molecule has 0 radical (unpaired) electrons. The van der Waals surface area contributed by atoms with Crippen molar-refractivity contribution in [3.63, 3.8) is 0 Å². The van der Waals surface area contributed by atoms with Gasteiger partial charge in [0.15, 0.2) is 5.65 Å². The fourth-order valence-corrected chi connectivity index (χ4v) is 4.88. The summed E-state index contributed by atoms with van der Waals surface area (Å²) < 4.78 is 9.42. The number of aryl methyl sites for hydroxylation is 5. The lowest BCUT2D eigenvalue weighted by Crippen LogP contribution is -2.13. The molecule has 3 aromatic heterocycles. The van der Waals surface area contributed by atoms with Crippen LogP contribution in [0.4, 0.5) is 5.69 Å². The summed E-state index contributed by atoms with van der Waals surface area (Å²) in [4.78, 5) is 22.3. The Hall–Kier alpha value is -3.68. The van der Waals surface area contributed by atoms with E-state index in [1.165, 1.54) is 12.8 Å². The number of carbonyl (C=O) groups is 1. The third-order valence-corrected chi connectivity index (χ3v) is 6.67. The molecule has 1 aliphatic heterocycles. The second-order valence-corrected chi connectivity index (χ2v) is 8.95. The van der Waals surface area contributed by atoms with Gasteiger partial charge >= 0.3 is 0 Å². The van der Waals surface area contributed by atoms with E-state index in [0.717, 1.165) is 63.6 Å². The summed E-state index contributed by atoms with van der Waals surface area (Å²) in [6.45, 7) is 5.05. The van der Waals surface area contributed by atoms with Gasteiger partial charge in [-0.25, -0.2) is 14.6 Å². The van der Waals surface area contributed by atoms with Gasteiger partial charge in [-0.2, -0.15) is 0 Å². The average Bonchev–Trinajstić information content (AvgIpc) is 3.40. The summed E-state index contributed by atoms with van der Waals surface area (Å²) in [7, 11) is 3.47. The first-order chi connectivity index (χ1) is 16.4. The van der Waals surface area contributed by atoms with Crippen LogP contribution in [0.1, 0.15) is 41.9 Å². The third-order valence-electron chi connectivity index (χ3n) is 6.67. The van der Waals surface area contributed by atoms with Crippen molar-refractivity contribution in [3.8, 4) is 17.1 Å². The lowest BCUT2D eigenvalue weighted by molar-refractivity contribution is -0.116. The molecule has 5 rings (SSSR count). The van der Waals surface area contributed by atoms with Gasteiger partial charge in [-0.1, -0.05) is 12.1 Å². The standard InChI is InChI=1S/C26H30N6O2/c1-16-20(17(2)27-25-24(16)26(34-4)30-31(25)3)11-12-23(33)28-19-9-7-8-18(14-19)21-15-32-13-6-5-10-22(32)29-21/h7-9,14-15H,5-6,10-13H2,1-4H3,(H,28,33). The Bertz CT molecular complexity index is 1360. The highest BCUT2D eigenvalue weighted by Crippen LogP contribution is 2.30. The third kappa shape index (κ3) is 4.04. The Morgan fingerprint density at radius 1 is 1.21 bits per heavy atom. The van der Waals surface area contributed by atoms with Crippen molar-refractivity contribution in [1.29, 1.82) is 0 Å². The molecule has 0 atom stereocenters. The minimum absolute atomic E-state index is 0.0293. The van der Waals surface area contributed by atoms with E-state index in [9.17, 15) is 4.79 Å². The first-order valence-corrected chi connectivity index (χ1v) is 11.8. The van der Waals surface area contributed by atoms with Gasteiger partial charge in [-0.3, -0.25) is 4.79 Å². The molecule has 4 aromatic rings. The molecule has 0 bridgehead atoms. The van der Waals surface area contributed by atoms with E-state index in [1.54, 1.807) is 11.8 Å². The average molecular weight is 459 g/mol. The van der Waals surface area contributed by atoms with Gasteiger partial charge in [0.2, 0.25) is 11.8 Å². The number of ether oxygens (including phenoxy) is 1. The van der Waals surface area contributed by atoms with Gasteiger partial charge in [0.1, 0.15) is 5.82 Å². The number of pyridine rings is 1. The molecule has 0 saturated heterocycles.